The van der Waals surface area contributed by atoms with Gasteiger partial charge in [0.1, 0.15) is 11.9 Å². The van der Waals surface area contributed by atoms with E-state index >= 15 is 0 Å². The monoisotopic (exact) mass is 299 g/mol. The number of piperidine rings is 1. The summed E-state index contributed by atoms with van der Waals surface area (Å²) in [5.74, 6) is 0.650. The second-order valence-corrected chi connectivity index (χ2v) is 5.04. The van der Waals surface area contributed by atoms with E-state index in [1.54, 1.807) is 7.11 Å². The van der Waals surface area contributed by atoms with E-state index in [1.807, 2.05) is 24.3 Å². The Bertz CT molecular complexity index is 422. The van der Waals surface area contributed by atoms with Crippen molar-refractivity contribution in [2.24, 2.45) is 0 Å². The van der Waals surface area contributed by atoms with Crippen LogP contribution in [0.5, 0.6) is 5.75 Å². The molecule has 0 amide bonds. The minimum Gasteiger partial charge on any atom is -0.497 e. The van der Waals surface area contributed by atoms with E-state index in [1.165, 1.54) is 0 Å². The number of hydrogen-bond donors (Lipinski definition) is 0. The fourth-order valence-corrected chi connectivity index (χ4v) is 2.35. The van der Waals surface area contributed by atoms with Crippen LogP contribution in [0.4, 0.5) is 0 Å². The number of nitrogens with zero attached hydrogens (tertiary/aromatic N) is 1. The van der Waals surface area contributed by atoms with E-state index < -0.39 is 0 Å². The molecule has 0 N–H and O–H groups in total. The molecule has 1 atom stereocenters. The average molecular weight is 300 g/mol. The fourth-order valence-electron chi connectivity index (χ4n) is 2.35. The van der Waals surface area contributed by atoms with Crippen molar-refractivity contribution in [3.05, 3.63) is 29.8 Å². The van der Waals surface area contributed by atoms with Gasteiger partial charge < -0.3 is 14.4 Å². The van der Waals surface area contributed by atoms with Gasteiger partial charge in [-0.25, -0.2) is 0 Å². The van der Waals surface area contributed by atoms with Gasteiger partial charge in [-0.15, -0.1) is 12.4 Å². The van der Waals surface area contributed by atoms with Gasteiger partial charge in [-0.05, 0) is 44.1 Å². The van der Waals surface area contributed by atoms with Gasteiger partial charge in [-0.2, -0.15) is 0 Å². The highest BCUT2D eigenvalue weighted by Gasteiger charge is 2.20. The summed E-state index contributed by atoms with van der Waals surface area (Å²) in [5, 5.41) is 0. The number of rotatable bonds is 4. The molecule has 1 heterocycles. The Hall–Kier alpha value is -1.26. The van der Waals surface area contributed by atoms with Gasteiger partial charge in [-0.1, -0.05) is 12.1 Å². The minimum atomic E-state index is -0.148. The molecule has 1 aliphatic heterocycles. The predicted molar refractivity (Wildman–Crippen MR) is 80.6 cm³/mol. The van der Waals surface area contributed by atoms with Crippen molar-refractivity contribution in [3.63, 3.8) is 0 Å². The number of carbonyl (C=O) groups excluding carboxylic acids is 1. The first-order valence-electron chi connectivity index (χ1n) is 6.68. The Labute approximate surface area is 126 Å². The van der Waals surface area contributed by atoms with Crippen molar-refractivity contribution in [1.29, 1.82) is 0 Å². The highest BCUT2D eigenvalue weighted by atomic mass is 35.5. The molecule has 2 rings (SSSR count). The Morgan fingerprint density at radius 3 is 2.65 bits per heavy atom. The third kappa shape index (κ3) is 5.02. The lowest BCUT2D eigenvalue weighted by atomic mass is 10.1. The molecule has 4 nitrogen and oxygen atoms in total. The smallest absolute Gasteiger partial charge is 0.310 e. The van der Waals surface area contributed by atoms with Crippen LogP contribution in [0.25, 0.3) is 0 Å². The maximum atomic E-state index is 11.9. The number of esters is 1. The highest BCUT2D eigenvalue weighted by molar-refractivity contribution is 5.85. The van der Waals surface area contributed by atoms with E-state index in [4.69, 9.17) is 9.47 Å². The third-order valence-corrected chi connectivity index (χ3v) is 3.39. The number of methoxy groups -OCH3 is 1. The molecule has 0 aliphatic carbocycles. The van der Waals surface area contributed by atoms with Crippen LogP contribution in [-0.4, -0.2) is 44.2 Å². The van der Waals surface area contributed by atoms with Gasteiger partial charge in [0.15, 0.2) is 0 Å². The molecule has 5 heteroatoms. The predicted octanol–water partition coefficient (Wildman–Crippen LogP) is 2.30. The number of ether oxygens (including phenoxy) is 2. The summed E-state index contributed by atoms with van der Waals surface area (Å²) in [6, 6.07) is 7.51. The summed E-state index contributed by atoms with van der Waals surface area (Å²) in [6.45, 7) is 1.93. The normalized spacial score (nSPS) is 19.0. The maximum absolute atomic E-state index is 11.9. The number of carbonyl (C=O) groups is 1. The molecule has 1 aliphatic rings. The van der Waals surface area contributed by atoms with Crippen LogP contribution in [0, 0.1) is 0 Å². The number of likely N-dealkylation sites (N-methyl/N-ethyl adjacent to an activating group) is 1. The fraction of sp³-hybridized carbons (Fsp3) is 0.533. The van der Waals surface area contributed by atoms with Gasteiger partial charge in [-0.3, -0.25) is 4.79 Å². The number of likely N-dealkylation sites (tertiary alicyclic amines) is 1. The standard InChI is InChI=1S/C15H21NO3.ClH/c1-16-9-3-4-14(11-16)19-15(17)10-12-5-7-13(18-2)8-6-12;/h5-8,14H,3-4,9-11H2,1-2H3;1H. The molecule has 0 bridgehead atoms. The molecule has 20 heavy (non-hydrogen) atoms. The van der Waals surface area contributed by atoms with E-state index in [0.29, 0.717) is 6.42 Å². The molecule has 1 saturated heterocycles. The molecule has 1 aromatic rings. The molecular formula is C15H22ClNO3. The Morgan fingerprint density at radius 2 is 2.05 bits per heavy atom. The second kappa shape index (κ2) is 8.12. The summed E-state index contributed by atoms with van der Waals surface area (Å²) in [5.41, 5.74) is 0.954. The number of hydrogen-bond acceptors (Lipinski definition) is 4. The number of benzene rings is 1. The van der Waals surface area contributed by atoms with Gasteiger partial charge in [0.2, 0.25) is 0 Å². The van der Waals surface area contributed by atoms with Crippen molar-refractivity contribution < 1.29 is 14.3 Å². The van der Waals surface area contributed by atoms with Crippen LogP contribution < -0.4 is 4.74 Å². The van der Waals surface area contributed by atoms with Gasteiger partial charge >= 0.3 is 5.97 Å². The van der Waals surface area contributed by atoms with E-state index in [9.17, 15) is 4.79 Å². The maximum Gasteiger partial charge on any atom is 0.310 e. The van der Waals surface area contributed by atoms with Crippen molar-refractivity contribution in [2.45, 2.75) is 25.4 Å². The first-order chi connectivity index (χ1) is 9.17. The third-order valence-electron chi connectivity index (χ3n) is 3.39. The van der Waals surface area contributed by atoms with Crippen molar-refractivity contribution >= 4 is 18.4 Å². The van der Waals surface area contributed by atoms with Crippen LogP contribution in [0.3, 0.4) is 0 Å². The zero-order valence-electron chi connectivity index (χ0n) is 12.0. The van der Waals surface area contributed by atoms with Crippen LogP contribution in [0.15, 0.2) is 24.3 Å². The van der Waals surface area contributed by atoms with Gasteiger partial charge in [0.05, 0.1) is 13.5 Å². The van der Waals surface area contributed by atoms with Crippen molar-refractivity contribution in [1.82, 2.24) is 4.90 Å². The van der Waals surface area contributed by atoms with Crippen molar-refractivity contribution in [3.8, 4) is 5.75 Å². The molecule has 112 valence electrons. The van der Waals surface area contributed by atoms with Crippen molar-refractivity contribution in [2.75, 3.05) is 27.2 Å². The Balaban J connectivity index is 0.00000200. The van der Waals surface area contributed by atoms with E-state index in [2.05, 4.69) is 11.9 Å². The summed E-state index contributed by atoms with van der Waals surface area (Å²) in [4.78, 5) is 14.1. The molecule has 0 aromatic heterocycles. The van der Waals surface area contributed by atoms with Crippen LogP contribution in [-0.2, 0) is 16.0 Å². The Morgan fingerprint density at radius 1 is 1.35 bits per heavy atom. The quantitative estimate of drug-likeness (QED) is 0.800. The zero-order valence-corrected chi connectivity index (χ0v) is 12.8. The molecule has 0 spiro atoms. The van der Waals surface area contributed by atoms with E-state index in [-0.39, 0.29) is 24.5 Å². The van der Waals surface area contributed by atoms with Crippen LogP contribution in [0.2, 0.25) is 0 Å². The number of halogens is 1. The molecular weight excluding hydrogens is 278 g/mol. The molecule has 1 fully saturated rings. The van der Waals surface area contributed by atoms with Gasteiger partial charge in [0, 0.05) is 6.54 Å². The molecule has 0 saturated carbocycles. The summed E-state index contributed by atoms with van der Waals surface area (Å²) < 4.78 is 10.6. The van der Waals surface area contributed by atoms with Gasteiger partial charge in [0.25, 0.3) is 0 Å². The summed E-state index contributed by atoms with van der Waals surface area (Å²) in [6.07, 6.45) is 2.43. The molecule has 1 aromatic carbocycles. The molecule has 0 radical (unpaired) electrons. The first kappa shape index (κ1) is 16.8. The second-order valence-electron chi connectivity index (χ2n) is 5.04. The Kier molecular flexibility index (Phi) is 6.82. The van der Waals surface area contributed by atoms with Crippen LogP contribution >= 0.6 is 12.4 Å². The lowest BCUT2D eigenvalue weighted by Crippen LogP contribution is -2.38. The lowest BCUT2D eigenvalue weighted by Gasteiger charge is -2.29. The average Bonchev–Trinajstić information content (AvgIpc) is 2.39. The topological polar surface area (TPSA) is 38.8 Å². The largest absolute Gasteiger partial charge is 0.497 e. The minimum absolute atomic E-state index is 0. The summed E-state index contributed by atoms with van der Waals surface area (Å²) >= 11 is 0. The SMILES string of the molecule is COc1ccc(CC(=O)OC2CCCN(C)C2)cc1.Cl. The van der Waals surface area contributed by atoms with E-state index in [0.717, 1.165) is 37.2 Å². The summed E-state index contributed by atoms with van der Waals surface area (Å²) in [7, 11) is 3.69. The highest BCUT2D eigenvalue weighted by Crippen LogP contribution is 2.15. The first-order valence-corrected chi connectivity index (χ1v) is 6.68. The lowest BCUT2D eigenvalue weighted by molar-refractivity contribution is -0.150. The zero-order chi connectivity index (χ0) is 13.7. The molecule has 1 unspecified atom stereocenters. The van der Waals surface area contributed by atoms with Crippen LogP contribution in [0.1, 0.15) is 18.4 Å².